The van der Waals surface area contributed by atoms with Gasteiger partial charge in [-0.2, -0.15) is 0 Å². The highest BCUT2D eigenvalue weighted by molar-refractivity contribution is 7.66. The van der Waals surface area contributed by atoms with Gasteiger partial charge in [-0.15, -0.1) is 0 Å². The quantitative estimate of drug-likeness (QED) is 0.313. The lowest BCUT2D eigenvalue weighted by Gasteiger charge is -2.23. The predicted octanol–water partition coefficient (Wildman–Crippen LogP) is 4.91. The normalized spacial score (nSPS) is 14.2. The van der Waals surface area contributed by atoms with Crippen LogP contribution in [0.15, 0.2) is 30.3 Å². The van der Waals surface area contributed by atoms with E-state index in [-0.39, 0.29) is 14.1 Å². The first-order valence-corrected chi connectivity index (χ1v) is 11.4. The highest BCUT2D eigenvalue weighted by Crippen LogP contribution is 2.37. The van der Waals surface area contributed by atoms with Gasteiger partial charge in [0.05, 0.1) is 10.3 Å². The van der Waals surface area contributed by atoms with Crippen molar-refractivity contribution >= 4 is 31.0 Å². The summed E-state index contributed by atoms with van der Waals surface area (Å²) in [7, 11) is 4.27. The van der Waals surface area contributed by atoms with E-state index >= 15 is 0 Å². The molecule has 0 radical (unpaired) electrons. The zero-order valence-electron chi connectivity index (χ0n) is 19.4. The number of halogens is 1. The van der Waals surface area contributed by atoms with Gasteiger partial charge in [-0.05, 0) is 47.9 Å². The molecular formula is C23H30ClO7P. The van der Waals surface area contributed by atoms with Crippen molar-refractivity contribution in [3.63, 3.8) is 0 Å². The lowest BCUT2D eigenvalue weighted by Crippen LogP contribution is -2.23. The minimum atomic E-state index is -0.571. The van der Waals surface area contributed by atoms with E-state index in [2.05, 4.69) is 0 Å². The second kappa shape index (κ2) is 12.4. The molecule has 7 nitrogen and oxygen atoms in total. The summed E-state index contributed by atoms with van der Waals surface area (Å²) in [4.78, 5) is 13.3. The fourth-order valence-corrected chi connectivity index (χ4v) is 4.31. The molecule has 0 aliphatic rings. The van der Waals surface area contributed by atoms with E-state index in [1.54, 1.807) is 46.1 Å². The minimum absolute atomic E-state index is 0.142. The lowest BCUT2D eigenvalue weighted by atomic mass is 10.1. The number of carbonyl (C=O) groups excluding carboxylic acids is 1. The Bertz CT molecular complexity index is 868. The molecule has 0 spiro atoms. The average molecular weight is 485 g/mol. The van der Waals surface area contributed by atoms with Crippen LogP contribution in [0, 0.1) is 6.92 Å². The summed E-state index contributed by atoms with van der Waals surface area (Å²) < 4.78 is 33.4. The van der Waals surface area contributed by atoms with Crippen molar-refractivity contribution in [2.75, 3.05) is 21.3 Å². The summed E-state index contributed by atoms with van der Waals surface area (Å²) in [6, 6.07) is 8.73. The Balaban J connectivity index is 2.57. The van der Waals surface area contributed by atoms with Gasteiger partial charge in [0.25, 0.3) is 0 Å². The standard InChI is InChI=1S/C23H30ClO7P/c1-13-9-8-10-18(24)21(13)23(25)32-22-19(30-15(3)27-6)11-17(29-14(2)26-5)12-20(22)31-16(4)28-7/h8-12,14-16,32H,1-7H3. The van der Waals surface area contributed by atoms with E-state index in [4.69, 9.17) is 40.0 Å². The summed E-state index contributed by atoms with van der Waals surface area (Å²) >= 11 is 6.33. The molecule has 32 heavy (non-hydrogen) atoms. The summed E-state index contributed by atoms with van der Waals surface area (Å²) in [6.07, 6.45) is -1.65. The Morgan fingerprint density at radius 3 is 1.84 bits per heavy atom. The number of carbonyl (C=O) groups is 1. The van der Waals surface area contributed by atoms with Gasteiger partial charge < -0.3 is 28.4 Å². The summed E-state index contributed by atoms with van der Waals surface area (Å²) in [6.45, 7) is 7.10. The fraction of sp³-hybridized carbons (Fsp3) is 0.435. The Morgan fingerprint density at radius 1 is 0.875 bits per heavy atom. The number of hydrogen-bond acceptors (Lipinski definition) is 7. The summed E-state index contributed by atoms with van der Waals surface area (Å²) in [5.41, 5.74) is 1.12. The molecule has 0 aromatic heterocycles. The molecule has 0 heterocycles. The maximum Gasteiger partial charge on any atom is 0.196 e. The second-order valence-corrected chi connectivity index (χ2v) is 8.56. The monoisotopic (exact) mass is 484 g/mol. The van der Waals surface area contributed by atoms with Crippen molar-refractivity contribution in [1.29, 1.82) is 0 Å². The van der Waals surface area contributed by atoms with E-state index in [1.165, 1.54) is 14.2 Å². The summed E-state index contributed by atoms with van der Waals surface area (Å²) in [5.74, 6) is 1.25. The van der Waals surface area contributed by atoms with Crippen LogP contribution in [-0.2, 0) is 14.2 Å². The van der Waals surface area contributed by atoms with Crippen LogP contribution < -0.4 is 19.5 Å². The molecule has 4 atom stereocenters. The molecule has 0 saturated heterocycles. The van der Waals surface area contributed by atoms with Gasteiger partial charge in [-0.1, -0.05) is 23.7 Å². The van der Waals surface area contributed by atoms with Crippen molar-refractivity contribution in [3.05, 3.63) is 46.5 Å². The number of aryl methyl sites for hydroxylation is 1. The van der Waals surface area contributed by atoms with E-state index in [0.29, 0.717) is 33.1 Å². The van der Waals surface area contributed by atoms with Crippen LogP contribution >= 0.6 is 20.2 Å². The molecule has 2 aromatic carbocycles. The average Bonchev–Trinajstić information content (AvgIpc) is 2.75. The third-order valence-corrected chi connectivity index (χ3v) is 6.15. The number of ether oxygens (including phenoxy) is 6. The Labute approximate surface area is 196 Å². The number of rotatable bonds is 12. The van der Waals surface area contributed by atoms with Gasteiger partial charge in [0.15, 0.2) is 24.4 Å². The van der Waals surface area contributed by atoms with Gasteiger partial charge >= 0.3 is 0 Å². The summed E-state index contributed by atoms with van der Waals surface area (Å²) in [5, 5.41) is 0.955. The van der Waals surface area contributed by atoms with E-state index in [0.717, 1.165) is 5.56 Å². The smallest absolute Gasteiger partial charge is 0.196 e. The molecule has 0 fully saturated rings. The molecule has 4 unspecified atom stereocenters. The van der Waals surface area contributed by atoms with Gasteiger partial charge in [0.1, 0.15) is 17.2 Å². The van der Waals surface area contributed by atoms with Crippen molar-refractivity contribution in [1.82, 2.24) is 0 Å². The van der Waals surface area contributed by atoms with Crippen LogP contribution in [-0.4, -0.2) is 45.7 Å². The van der Waals surface area contributed by atoms with Gasteiger partial charge in [0.2, 0.25) is 0 Å². The van der Waals surface area contributed by atoms with Crippen LogP contribution in [0.25, 0.3) is 0 Å². The Hall–Kier alpha value is -1.89. The van der Waals surface area contributed by atoms with Crippen molar-refractivity contribution in [3.8, 4) is 17.2 Å². The molecule has 0 aliphatic heterocycles. The molecule has 2 aromatic rings. The third-order valence-electron chi connectivity index (χ3n) is 4.61. The fourth-order valence-electron chi connectivity index (χ4n) is 2.73. The van der Waals surface area contributed by atoms with Gasteiger partial charge in [-0.25, -0.2) is 0 Å². The number of benzene rings is 2. The lowest BCUT2D eigenvalue weighted by molar-refractivity contribution is -0.0458. The van der Waals surface area contributed by atoms with Crippen molar-refractivity contribution in [2.24, 2.45) is 0 Å². The van der Waals surface area contributed by atoms with Crippen molar-refractivity contribution < 1.29 is 33.2 Å². The number of hydrogen-bond donors (Lipinski definition) is 0. The molecule has 176 valence electrons. The zero-order chi connectivity index (χ0) is 23.8. The molecule has 2 rings (SSSR count). The van der Waals surface area contributed by atoms with Crippen LogP contribution in [0.1, 0.15) is 36.7 Å². The molecule has 0 amide bonds. The highest BCUT2D eigenvalue weighted by atomic mass is 35.5. The highest BCUT2D eigenvalue weighted by Gasteiger charge is 2.23. The molecule has 0 bridgehead atoms. The van der Waals surface area contributed by atoms with E-state index in [1.807, 2.05) is 19.1 Å². The Kier molecular flexibility index (Phi) is 10.2. The molecule has 9 heteroatoms. The maximum absolute atomic E-state index is 13.3. The SMILES string of the molecule is COC(C)Oc1cc(OC(C)OC)c(PC(=O)c2c(C)cccc2Cl)c(OC(C)OC)c1. The van der Waals surface area contributed by atoms with Crippen molar-refractivity contribution in [2.45, 2.75) is 46.6 Å². The molecule has 0 saturated carbocycles. The maximum atomic E-state index is 13.3. The number of methoxy groups -OCH3 is 3. The first-order valence-electron chi connectivity index (χ1n) is 10.0. The predicted molar refractivity (Wildman–Crippen MR) is 126 cm³/mol. The van der Waals surface area contributed by atoms with Crippen LogP contribution in [0.3, 0.4) is 0 Å². The molecule has 0 aliphatic carbocycles. The molecular weight excluding hydrogens is 455 g/mol. The van der Waals surface area contributed by atoms with Crippen LogP contribution in [0.5, 0.6) is 17.2 Å². The van der Waals surface area contributed by atoms with E-state index in [9.17, 15) is 4.79 Å². The van der Waals surface area contributed by atoms with Crippen LogP contribution in [0.4, 0.5) is 0 Å². The first kappa shape index (κ1) is 26.4. The first-order chi connectivity index (χ1) is 15.2. The van der Waals surface area contributed by atoms with Gasteiger partial charge in [-0.3, -0.25) is 4.79 Å². The van der Waals surface area contributed by atoms with E-state index < -0.39 is 18.9 Å². The topological polar surface area (TPSA) is 72.5 Å². The largest absolute Gasteiger partial charge is 0.465 e. The molecule has 0 N–H and O–H groups in total. The van der Waals surface area contributed by atoms with Crippen LogP contribution in [0.2, 0.25) is 5.02 Å². The van der Waals surface area contributed by atoms with Gasteiger partial charge in [0, 0.05) is 39.0 Å². The third kappa shape index (κ3) is 7.06. The second-order valence-electron chi connectivity index (χ2n) is 6.94. The zero-order valence-corrected chi connectivity index (χ0v) is 21.1. The Morgan fingerprint density at radius 2 is 1.38 bits per heavy atom. The minimum Gasteiger partial charge on any atom is -0.465 e.